The zero-order valence-corrected chi connectivity index (χ0v) is 14.3. The van der Waals surface area contributed by atoms with Gasteiger partial charge in [0.15, 0.2) is 0 Å². The van der Waals surface area contributed by atoms with Crippen LogP contribution in [0.5, 0.6) is 0 Å². The van der Waals surface area contributed by atoms with Crippen molar-refractivity contribution in [3.05, 3.63) is 82.9 Å². The molecule has 0 saturated carbocycles. The van der Waals surface area contributed by atoms with Gasteiger partial charge in [0.25, 0.3) is 0 Å². The number of aliphatic imine (C=N–C) groups is 1. The van der Waals surface area contributed by atoms with Crippen LogP contribution in [0.1, 0.15) is 38.8 Å². The molecular weight excluding hydrogens is 278 g/mol. The van der Waals surface area contributed by atoms with E-state index in [9.17, 15) is 0 Å². The Hall–Kier alpha value is -2.41. The molecule has 0 spiro atoms. The fraction of sp³-hybridized carbons (Fsp3) is 0.227. The first-order chi connectivity index (χ1) is 11.1. The Morgan fingerprint density at radius 3 is 2.22 bits per heavy atom. The zero-order chi connectivity index (χ0) is 16.4. The Morgan fingerprint density at radius 1 is 0.913 bits per heavy atom. The van der Waals surface area contributed by atoms with Crippen molar-refractivity contribution in [3.63, 3.8) is 0 Å². The second-order valence-electron chi connectivity index (χ2n) is 6.26. The smallest absolute Gasteiger partial charge is 0.0633 e. The van der Waals surface area contributed by atoms with E-state index >= 15 is 0 Å². The van der Waals surface area contributed by atoms with Gasteiger partial charge in [-0.1, -0.05) is 61.0 Å². The number of rotatable bonds is 3. The summed E-state index contributed by atoms with van der Waals surface area (Å²) in [6, 6.07) is 18.8. The number of nitrogens with zero attached hydrogens (tertiary/aromatic N) is 1. The van der Waals surface area contributed by atoms with Gasteiger partial charge in [0, 0.05) is 17.2 Å². The van der Waals surface area contributed by atoms with E-state index in [2.05, 4.69) is 58.0 Å². The van der Waals surface area contributed by atoms with Gasteiger partial charge >= 0.3 is 0 Å². The predicted molar refractivity (Wildman–Crippen MR) is 100 cm³/mol. The summed E-state index contributed by atoms with van der Waals surface area (Å²) in [7, 11) is 0. The molecule has 116 valence electrons. The molecule has 2 aromatic carbocycles. The summed E-state index contributed by atoms with van der Waals surface area (Å²) in [5, 5.41) is 0. The van der Waals surface area contributed by atoms with Crippen molar-refractivity contribution >= 4 is 17.0 Å². The molecule has 1 heteroatoms. The van der Waals surface area contributed by atoms with Gasteiger partial charge in [0.2, 0.25) is 0 Å². The standard InChI is InChI=1S/C22H23N/c1-15-14-16(2)22(17(15)3)21-13-9-8-12-20(21)18(4)23-19-10-6-5-7-11-19/h5-14,16H,1-4H3/b23-18+. The lowest BCUT2D eigenvalue weighted by atomic mass is 9.89. The highest BCUT2D eigenvalue weighted by atomic mass is 14.7. The number of hydrogen-bond acceptors (Lipinski definition) is 1. The first kappa shape index (κ1) is 15.5. The SMILES string of the molecule is CC1=CC(C)C(c2ccccc2/C(C)=N/c2ccccc2)=C1C. The quantitative estimate of drug-likeness (QED) is 0.599. The Morgan fingerprint density at radius 2 is 1.57 bits per heavy atom. The first-order valence-corrected chi connectivity index (χ1v) is 8.17. The lowest BCUT2D eigenvalue weighted by molar-refractivity contribution is 0.974. The molecule has 1 aliphatic carbocycles. The van der Waals surface area contributed by atoms with Crippen molar-refractivity contribution in [3.8, 4) is 0 Å². The number of para-hydroxylation sites is 1. The molecule has 2 aromatic rings. The fourth-order valence-corrected chi connectivity index (χ4v) is 3.37. The summed E-state index contributed by atoms with van der Waals surface area (Å²) < 4.78 is 0. The number of hydrogen-bond donors (Lipinski definition) is 0. The monoisotopic (exact) mass is 301 g/mol. The van der Waals surface area contributed by atoms with Crippen LogP contribution in [-0.4, -0.2) is 5.71 Å². The lowest BCUT2D eigenvalue weighted by Crippen LogP contribution is -2.03. The first-order valence-electron chi connectivity index (χ1n) is 8.17. The topological polar surface area (TPSA) is 12.4 Å². The van der Waals surface area contributed by atoms with Gasteiger partial charge in [0.1, 0.15) is 0 Å². The molecule has 0 bridgehead atoms. The summed E-state index contributed by atoms with van der Waals surface area (Å²) in [5.74, 6) is 0.459. The maximum atomic E-state index is 4.81. The number of benzene rings is 2. The van der Waals surface area contributed by atoms with Crippen molar-refractivity contribution in [1.29, 1.82) is 0 Å². The highest BCUT2D eigenvalue weighted by Crippen LogP contribution is 2.39. The van der Waals surface area contributed by atoms with Crippen molar-refractivity contribution < 1.29 is 0 Å². The molecule has 0 aliphatic heterocycles. The van der Waals surface area contributed by atoms with Crippen LogP contribution >= 0.6 is 0 Å². The molecule has 0 radical (unpaired) electrons. The Labute approximate surface area is 139 Å². The van der Waals surface area contributed by atoms with Gasteiger partial charge in [-0.2, -0.15) is 0 Å². The minimum atomic E-state index is 0.459. The second-order valence-corrected chi connectivity index (χ2v) is 6.26. The average molecular weight is 301 g/mol. The third-order valence-electron chi connectivity index (χ3n) is 4.61. The minimum absolute atomic E-state index is 0.459. The summed E-state index contributed by atoms with van der Waals surface area (Å²) in [5.41, 5.74) is 8.81. The largest absolute Gasteiger partial charge is 0.253 e. The van der Waals surface area contributed by atoms with Crippen molar-refractivity contribution in [2.24, 2.45) is 10.9 Å². The summed E-state index contributed by atoms with van der Waals surface area (Å²) in [6.45, 7) is 8.80. The van der Waals surface area contributed by atoms with Crippen LogP contribution < -0.4 is 0 Å². The van der Waals surface area contributed by atoms with E-state index in [1.54, 1.807) is 0 Å². The van der Waals surface area contributed by atoms with Gasteiger partial charge in [-0.05, 0) is 49.6 Å². The zero-order valence-electron chi connectivity index (χ0n) is 14.3. The molecule has 1 nitrogen and oxygen atoms in total. The Kier molecular flexibility index (Phi) is 4.29. The van der Waals surface area contributed by atoms with Gasteiger partial charge in [-0.15, -0.1) is 0 Å². The van der Waals surface area contributed by atoms with Crippen LogP contribution in [0.15, 0.2) is 76.8 Å². The predicted octanol–water partition coefficient (Wildman–Crippen LogP) is 6.20. The van der Waals surface area contributed by atoms with E-state index in [0.29, 0.717) is 5.92 Å². The maximum absolute atomic E-state index is 4.81. The highest BCUT2D eigenvalue weighted by molar-refractivity contribution is 6.05. The van der Waals surface area contributed by atoms with Gasteiger partial charge in [-0.25, -0.2) is 0 Å². The summed E-state index contributed by atoms with van der Waals surface area (Å²) in [4.78, 5) is 4.81. The highest BCUT2D eigenvalue weighted by Gasteiger charge is 2.22. The maximum Gasteiger partial charge on any atom is 0.0633 e. The molecule has 1 aliphatic rings. The van der Waals surface area contributed by atoms with Crippen LogP contribution in [0.25, 0.3) is 5.57 Å². The third-order valence-corrected chi connectivity index (χ3v) is 4.61. The van der Waals surface area contributed by atoms with E-state index in [4.69, 9.17) is 4.99 Å². The molecule has 1 unspecified atom stereocenters. The minimum Gasteiger partial charge on any atom is -0.253 e. The molecule has 0 saturated heterocycles. The number of allylic oxidation sites excluding steroid dienone is 4. The second kappa shape index (κ2) is 6.37. The fourth-order valence-electron chi connectivity index (χ4n) is 3.37. The molecular formula is C22H23N. The summed E-state index contributed by atoms with van der Waals surface area (Å²) >= 11 is 0. The molecule has 0 N–H and O–H groups in total. The Balaban J connectivity index is 2.08. The normalized spacial score (nSPS) is 18.3. The molecule has 0 fully saturated rings. The van der Waals surface area contributed by atoms with Gasteiger partial charge in [-0.3, -0.25) is 4.99 Å². The van der Waals surface area contributed by atoms with Gasteiger partial charge < -0.3 is 0 Å². The van der Waals surface area contributed by atoms with E-state index < -0.39 is 0 Å². The van der Waals surface area contributed by atoms with E-state index in [1.165, 1.54) is 27.8 Å². The van der Waals surface area contributed by atoms with Crippen LogP contribution in [-0.2, 0) is 0 Å². The Bertz CT molecular complexity index is 807. The van der Waals surface area contributed by atoms with E-state index in [1.807, 2.05) is 30.3 Å². The molecule has 3 rings (SSSR count). The van der Waals surface area contributed by atoms with Gasteiger partial charge in [0.05, 0.1) is 5.69 Å². The molecule has 0 amide bonds. The van der Waals surface area contributed by atoms with Crippen molar-refractivity contribution in [2.75, 3.05) is 0 Å². The molecule has 0 heterocycles. The lowest BCUT2D eigenvalue weighted by Gasteiger charge is -2.16. The van der Waals surface area contributed by atoms with Crippen LogP contribution in [0.4, 0.5) is 5.69 Å². The van der Waals surface area contributed by atoms with Crippen LogP contribution in [0.3, 0.4) is 0 Å². The van der Waals surface area contributed by atoms with Crippen molar-refractivity contribution in [2.45, 2.75) is 27.7 Å². The summed E-state index contributed by atoms with van der Waals surface area (Å²) in [6.07, 6.45) is 2.35. The van der Waals surface area contributed by atoms with Crippen LogP contribution in [0, 0.1) is 5.92 Å². The third kappa shape index (κ3) is 3.05. The average Bonchev–Trinajstić information content (AvgIpc) is 2.81. The molecule has 1 atom stereocenters. The molecule has 23 heavy (non-hydrogen) atoms. The van der Waals surface area contributed by atoms with E-state index in [0.717, 1.165) is 11.4 Å². The van der Waals surface area contributed by atoms with E-state index in [-0.39, 0.29) is 0 Å². The molecule has 0 aromatic heterocycles. The van der Waals surface area contributed by atoms with Crippen LogP contribution in [0.2, 0.25) is 0 Å². The van der Waals surface area contributed by atoms with Crippen molar-refractivity contribution in [1.82, 2.24) is 0 Å².